The Morgan fingerprint density at radius 1 is 1.25 bits per heavy atom. The van der Waals surface area contributed by atoms with Crippen LogP contribution in [-0.4, -0.2) is 23.6 Å². The average Bonchev–Trinajstić information content (AvgIpc) is 2.45. The van der Waals surface area contributed by atoms with Crippen molar-refractivity contribution in [2.24, 2.45) is 0 Å². The summed E-state index contributed by atoms with van der Waals surface area (Å²) in [6, 6.07) is 8.04. The van der Waals surface area contributed by atoms with Crippen LogP contribution in [0.2, 0.25) is 0 Å². The Kier molecular flexibility index (Phi) is 5.09. The summed E-state index contributed by atoms with van der Waals surface area (Å²) in [5, 5.41) is 3.25. The number of anilines is 1. The van der Waals surface area contributed by atoms with Crippen LogP contribution in [0.5, 0.6) is 0 Å². The highest BCUT2D eigenvalue weighted by atomic mass is 79.9. The van der Waals surface area contributed by atoms with Gasteiger partial charge in [0.15, 0.2) is 5.82 Å². The van der Waals surface area contributed by atoms with E-state index in [-0.39, 0.29) is 0 Å². The molecule has 1 N–H and O–H groups in total. The van der Waals surface area contributed by atoms with Crippen LogP contribution >= 0.6 is 15.9 Å². The average molecular weight is 336 g/mol. The van der Waals surface area contributed by atoms with E-state index >= 15 is 0 Å². The number of ether oxygens (including phenoxy) is 1. The topological polar surface area (TPSA) is 47.0 Å². The summed E-state index contributed by atoms with van der Waals surface area (Å²) < 4.78 is 6.15. The molecule has 0 unspecified atom stereocenters. The second-order valence-corrected chi connectivity index (χ2v) is 5.21. The molecule has 2 aromatic rings. The molecular weight excluding hydrogens is 318 g/mol. The lowest BCUT2D eigenvalue weighted by molar-refractivity contribution is 0.185. The monoisotopic (exact) mass is 335 g/mol. The molecule has 0 saturated heterocycles. The van der Waals surface area contributed by atoms with Crippen LogP contribution < -0.4 is 5.32 Å². The first kappa shape index (κ1) is 14.9. The number of hydrogen-bond donors (Lipinski definition) is 1. The second-order valence-electron chi connectivity index (χ2n) is 4.42. The molecule has 1 aromatic heterocycles. The predicted molar refractivity (Wildman–Crippen MR) is 84.8 cm³/mol. The van der Waals surface area contributed by atoms with Crippen LogP contribution in [0.1, 0.15) is 18.2 Å². The van der Waals surface area contributed by atoms with Gasteiger partial charge in [0, 0.05) is 19.2 Å². The van der Waals surface area contributed by atoms with Crippen molar-refractivity contribution in [2.75, 3.05) is 19.0 Å². The van der Waals surface area contributed by atoms with Gasteiger partial charge in [-0.1, -0.05) is 24.3 Å². The molecule has 0 bridgehead atoms. The Morgan fingerprint density at radius 3 is 2.70 bits per heavy atom. The minimum atomic E-state index is 0.547. The predicted octanol–water partition coefficient (Wildman–Crippen LogP) is 3.79. The van der Waals surface area contributed by atoms with Gasteiger partial charge >= 0.3 is 0 Å². The van der Waals surface area contributed by atoms with Crippen molar-refractivity contribution in [2.45, 2.75) is 20.5 Å². The Hall–Kier alpha value is -1.46. The van der Waals surface area contributed by atoms with E-state index < -0.39 is 0 Å². The van der Waals surface area contributed by atoms with E-state index in [0.717, 1.165) is 33.7 Å². The number of benzene rings is 1. The summed E-state index contributed by atoms with van der Waals surface area (Å²) in [7, 11) is 1.69. The third-order valence-corrected chi connectivity index (χ3v) is 3.87. The molecule has 1 aromatic carbocycles. The van der Waals surface area contributed by atoms with E-state index in [1.807, 2.05) is 38.1 Å². The Labute approximate surface area is 127 Å². The summed E-state index contributed by atoms with van der Waals surface area (Å²) in [4.78, 5) is 9.19. The lowest BCUT2D eigenvalue weighted by Crippen LogP contribution is -2.05. The highest BCUT2D eigenvalue weighted by molar-refractivity contribution is 9.10. The maximum atomic E-state index is 5.24. The third kappa shape index (κ3) is 3.16. The summed E-state index contributed by atoms with van der Waals surface area (Å²) in [5.41, 5.74) is 3.00. The Balaban J connectivity index is 2.52. The molecule has 0 saturated carbocycles. The van der Waals surface area contributed by atoms with Crippen LogP contribution in [0.4, 0.5) is 5.82 Å². The molecule has 106 valence electrons. The molecular formula is C15H18BrN3O. The zero-order valence-electron chi connectivity index (χ0n) is 11.9. The second kappa shape index (κ2) is 6.81. The standard InChI is InChI=1S/C15H18BrN3O/c1-4-17-15-13(16)10(2)18-14(19-15)12-8-6-5-7-11(12)9-20-3/h5-8H,4,9H2,1-3H3,(H,17,18,19). The number of nitrogens with zero attached hydrogens (tertiary/aromatic N) is 2. The molecule has 0 aliphatic heterocycles. The van der Waals surface area contributed by atoms with Crippen molar-refractivity contribution < 1.29 is 4.74 Å². The fourth-order valence-corrected chi connectivity index (χ4v) is 2.30. The molecule has 20 heavy (non-hydrogen) atoms. The molecule has 0 radical (unpaired) electrons. The van der Waals surface area contributed by atoms with E-state index in [4.69, 9.17) is 4.74 Å². The fraction of sp³-hybridized carbons (Fsp3) is 0.333. The summed E-state index contributed by atoms with van der Waals surface area (Å²) >= 11 is 3.52. The molecule has 1 heterocycles. The number of hydrogen-bond acceptors (Lipinski definition) is 4. The molecule has 0 aliphatic carbocycles. The summed E-state index contributed by atoms with van der Waals surface area (Å²) in [6.07, 6.45) is 0. The maximum Gasteiger partial charge on any atom is 0.162 e. The van der Waals surface area contributed by atoms with Gasteiger partial charge in [0.05, 0.1) is 16.8 Å². The largest absolute Gasteiger partial charge is 0.380 e. The highest BCUT2D eigenvalue weighted by Crippen LogP contribution is 2.28. The van der Waals surface area contributed by atoms with E-state index in [1.165, 1.54) is 0 Å². The first-order valence-electron chi connectivity index (χ1n) is 6.52. The third-order valence-electron chi connectivity index (χ3n) is 2.92. The lowest BCUT2D eigenvalue weighted by atomic mass is 10.1. The van der Waals surface area contributed by atoms with Crippen molar-refractivity contribution in [3.63, 3.8) is 0 Å². The minimum Gasteiger partial charge on any atom is -0.380 e. The van der Waals surface area contributed by atoms with Gasteiger partial charge in [-0.2, -0.15) is 0 Å². The van der Waals surface area contributed by atoms with E-state index in [1.54, 1.807) is 7.11 Å². The van der Waals surface area contributed by atoms with Crippen molar-refractivity contribution in [3.8, 4) is 11.4 Å². The minimum absolute atomic E-state index is 0.547. The molecule has 2 rings (SSSR count). The van der Waals surface area contributed by atoms with Crippen LogP contribution in [0.25, 0.3) is 11.4 Å². The quantitative estimate of drug-likeness (QED) is 0.902. The van der Waals surface area contributed by atoms with Gasteiger partial charge in [0.25, 0.3) is 0 Å². The fourth-order valence-electron chi connectivity index (χ4n) is 1.98. The van der Waals surface area contributed by atoms with Gasteiger partial charge < -0.3 is 10.1 Å². The lowest BCUT2D eigenvalue weighted by Gasteiger charge is -2.12. The summed E-state index contributed by atoms with van der Waals surface area (Å²) in [6.45, 7) is 5.37. The van der Waals surface area contributed by atoms with Crippen LogP contribution in [-0.2, 0) is 11.3 Å². The van der Waals surface area contributed by atoms with Crippen LogP contribution in [0.3, 0.4) is 0 Å². The van der Waals surface area contributed by atoms with E-state index in [0.29, 0.717) is 12.4 Å². The van der Waals surface area contributed by atoms with Crippen molar-refractivity contribution >= 4 is 21.7 Å². The van der Waals surface area contributed by atoms with Gasteiger partial charge in [-0.25, -0.2) is 9.97 Å². The Bertz CT molecular complexity index is 602. The molecule has 0 fully saturated rings. The maximum absolute atomic E-state index is 5.24. The molecule has 5 heteroatoms. The SMILES string of the molecule is CCNc1nc(-c2ccccc2COC)nc(C)c1Br. The van der Waals surface area contributed by atoms with Gasteiger partial charge in [-0.3, -0.25) is 0 Å². The first-order valence-corrected chi connectivity index (χ1v) is 7.31. The number of aromatic nitrogens is 2. The number of aryl methyl sites for hydroxylation is 1. The molecule has 4 nitrogen and oxygen atoms in total. The van der Waals surface area contributed by atoms with Gasteiger partial charge in [-0.15, -0.1) is 0 Å². The van der Waals surface area contributed by atoms with Crippen LogP contribution in [0, 0.1) is 6.92 Å². The zero-order valence-corrected chi connectivity index (χ0v) is 13.5. The molecule has 0 spiro atoms. The van der Waals surface area contributed by atoms with Crippen molar-refractivity contribution in [1.29, 1.82) is 0 Å². The molecule has 0 amide bonds. The highest BCUT2D eigenvalue weighted by Gasteiger charge is 2.12. The molecule has 0 atom stereocenters. The number of rotatable bonds is 5. The summed E-state index contributed by atoms with van der Waals surface area (Å²) in [5.74, 6) is 1.54. The van der Waals surface area contributed by atoms with Gasteiger partial charge in [0.2, 0.25) is 0 Å². The van der Waals surface area contributed by atoms with Gasteiger partial charge in [-0.05, 0) is 35.3 Å². The van der Waals surface area contributed by atoms with E-state index in [2.05, 4.69) is 31.2 Å². The van der Waals surface area contributed by atoms with Gasteiger partial charge in [0.1, 0.15) is 5.82 Å². The number of nitrogens with one attached hydrogen (secondary N) is 1. The smallest absolute Gasteiger partial charge is 0.162 e. The number of halogens is 1. The first-order chi connectivity index (χ1) is 9.67. The van der Waals surface area contributed by atoms with E-state index in [9.17, 15) is 0 Å². The number of methoxy groups -OCH3 is 1. The van der Waals surface area contributed by atoms with Crippen LogP contribution in [0.15, 0.2) is 28.7 Å². The molecule has 0 aliphatic rings. The van der Waals surface area contributed by atoms with Crippen molar-refractivity contribution in [3.05, 3.63) is 40.0 Å². The normalized spacial score (nSPS) is 10.6. The Morgan fingerprint density at radius 2 is 2.00 bits per heavy atom. The van der Waals surface area contributed by atoms with Crippen molar-refractivity contribution in [1.82, 2.24) is 9.97 Å². The zero-order chi connectivity index (χ0) is 14.5.